The van der Waals surface area contributed by atoms with Crippen molar-refractivity contribution in [3.63, 3.8) is 0 Å². The highest BCUT2D eigenvalue weighted by atomic mass is 32.2. The minimum atomic E-state index is -2.58. The second-order valence-electron chi connectivity index (χ2n) is 6.17. The standard InChI is InChI=1S/C23H23NOS/c1-24-26(25,23-15-9-4-10-16-23)19-22(17-20-11-5-2-6-12-20)18-21-13-7-3-8-14-21/h2-16,19H,17-18H2,1H3/t26-/m0/s1. The van der Waals surface area contributed by atoms with Crippen molar-refractivity contribution in [2.75, 3.05) is 7.05 Å². The molecule has 0 heterocycles. The molecule has 0 N–H and O–H groups in total. The van der Waals surface area contributed by atoms with Gasteiger partial charge in [0, 0.05) is 12.5 Å². The van der Waals surface area contributed by atoms with Gasteiger partial charge in [-0.15, -0.1) is 0 Å². The van der Waals surface area contributed by atoms with Crippen molar-refractivity contribution >= 4 is 9.73 Å². The third kappa shape index (κ3) is 4.70. The van der Waals surface area contributed by atoms with Crippen LogP contribution >= 0.6 is 0 Å². The molecule has 3 aromatic carbocycles. The van der Waals surface area contributed by atoms with Crippen molar-refractivity contribution in [1.82, 2.24) is 0 Å². The Morgan fingerprint density at radius 1 is 0.769 bits per heavy atom. The van der Waals surface area contributed by atoms with Crippen LogP contribution in [0.15, 0.2) is 111 Å². The summed E-state index contributed by atoms with van der Waals surface area (Å²) in [6.45, 7) is 0. The number of allylic oxidation sites excluding steroid dienone is 1. The molecule has 0 aromatic heterocycles. The number of nitrogens with zero attached hydrogens (tertiary/aromatic N) is 1. The second-order valence-corrected chi connectivity index (χ2v) is 8.37. The summed E-state index contributed by atoms with van der Waals surface area (Å²) in [5.74, 6) is 0. The summed E-state index contributed by atoms with van der Waals surface area (Å²) in [5.41, 5.74) is 3.53. The van der Waals surface area contributed by atoms with Gasteiger partial charge in [0.1, 0.15) is 0 Å². The Kier molecular flexibility index (Phi) is 6.03. The van der Waals surface area contributed by atoms with E-state index in [1.54, 1.807) is 7.05 Å². The van der Waals surface area contributed by atoms with E-state index in [-0.39, 0.29) is 0 Å². The maximum atomic E-state index is 13.5. The van der Waals surface area contributed by atoms with Gasteiger partial charge in [-0.1, -0.05) is 84.4 Å². The maximum Gasteiger partial charge on any atom is 0.0966 e. The molecule has 0 amide bonds. The van der Waals surface area contributed by atoms with Crippen LogP contribution in [0.3, 0.4) is 0 Å². The SMILES string of the molecule is CN=[S@](=O)(C=C(Cc1ccccc1)Cc1ccccc1)c1ccccc1. The molecule has 0 aliphatic rings. The Bertz CT molecular complexity index is 927. The fourth-order valence-corrected chi connectivity index (χ4v) is 4.55. The molecule has 0 bridgehead atoms. The molecule has 0 unspecified atom stereocenters. The summed E-state index contributed by atoms with van der Waals surface area (Å²) >= 11 is 0. The lowest BCUT2D eigenvalue weighted by Crippen LogP contribution is -2.03. The van der Waals surface area contributed by atoms with Crippen LogP contribution < -0.4 is 0 Å². The zero-order valence-electron chi connectivity index (χ0n) is 14.9. The van der Waals surface area contributed by atoms with Gasteiger partial charge in [0.25, 0.3) is 0 Å². The van der Waals surface area contributed by atoms with Gasteiger partial charge in [0.05, 0.1) is 14.6 Å². The number of hydrogen-bond donors (Lipinski definition) is 0. The van der Waals surface area contributed by atoms with Crippen molar-refractivity contribution in [2.24, 2.45) is 4.36 Å². The van der Waals surface area contributed by atoms with Gasteiger partial charge in [-0.05, 0) is 36.1 Å². The van der Waals surface area contributed by atoms with Crippen LogP contribution in [-0.4, -0.2) is 11.3 Å². The van der Waals surface area contributed by atoms with Crippen LogP contribution in [0, 0.1) is 0 Å². The van der Waals surface area contributed by atoms with Crippen molar-refractivity contribution in [3.8, 4) is 0 Å². The molecule has 0 radical (unpaired) electrons. The molecule has 132 valence electrons. The third-order valence-electron chi connectivity index (χ3n) is 4.23. The van der Waals surface area contributed by atoms with Crippen molar-refractivity contribution in [2.45, 2.75) is 17.7 Å². The molecule has 0 fully saturated rings. The third-order valence-corrected chi connectivity index (χ3v) is 6.37. The molecule has 3 aromatic rings. The highest BCUT2D eigenvalue weighted by Crippen LogP contribution is 2.21. The smallest absolute Gasteiger partial charge is 0.0966 e. The fourth-order valence-electron chi connectivity index (χ4n) is 2.93. The number of benzene rings is 3. The van der Waals surface area contributed by atoms with Crippen LogP contribution in [0.2, 0.25) is 0 Å². The molecule has 0 spiro atoms. The molecule has 3 heteroatoms. The predicted octanol–water partition coefficient (Wildman–Crippen LogP) is 5.51. The summed E-state index contributed by atoms with van der Waals surface area (Å²) < 4.78 is 17.8. The molecule has 1 atom stereocenters. The quantitative estimate of drug-likeness (QED) is 0.569. The maximum absolute atomic E-state index is 13.5. The van der Waals surface area contributed by atoms with E-state index in [0.717, 1.165) is 23.3 Å². The van der Waals surface area contributed by atoms with Crippen LogP contribution in [0.25, 0.3) is 0 Å². The summed E-state index contributed by atoms with van der Waals surface area (Å²) in [6.07, 6.45) is 1.52. The molecule has 3 rings (SSSR count). The monoisotopic (exact) mass is 361 g/mol. The highest BCUT2D eigenvalue weighted by Gasteiger charge is 2.11. The largest absolute Gasteiger partial charge is 0.240 e. The van der Waals surface area contributed by atoms with E-state index < -0.39 is 9.73 Å². The van der Waals surface area contributed by atoms with Gasteiger partial charge < -0.3 is 0 Å². The van der Waals surface area contributed by atoms with Crippen molar-refractivity contribution in [1.29, 1.82) is 0 Å². The average Bonchev–Trinajstić information content (AvgIpc) is 2.70. The molecule has 0 aliphatic carbocycles. The first-order valence-electron chi connectivity index (χ1n) is 8.67. The van der Waals surface area contributed by atoms with Crippen LogP contribution in [0.1, 0.15) is 11.1 Å². The topological polar surface area (TPSA) is 29.4 Å². The average molecular weight is 362 g/mol. The van der Waals surface area contributed by atoms with E-state index in [4.69, 9.17) is 0 Å². The van der Waals surface area contributed by atoms with Gasteiger partial charge in [-0.2, -0.15) is 0 Å². The molecule has 0 saturated heterocycles. The van der Waals surface area contributed by atoms with Crippen LogP contribution in [0.4, 0.5) is 0 Å². The van der Waals surface area contributed by atoms with Crippen molar-refractivity contribution < 1.29 is 4.21 Å². The lowest BCUT2D eigenvalue weighted by Gasteiger charge is -2.12. The molecule has 26 heavy (non-hydrogen) atoms. The Labute approximate surface area is 156 Å². The van der Waals surface area contributed by atoms with Crippen LogP contribution in [-0.2, 0) is 22.6 Å². The normalized spacial score (nSPS) is 12.8. The lowest BCUT2D eigenvalue weighted by atomic mass is 10.00. The number of rotatable bonds is 6. The van der Waals surface area contributed by atoms with Crippen LogP contribution in [0.5, 0.6) is 0 Å². The van der Waals surface area contributed by atoms with Crippen molar-refractivity contribution in [3.05, 3.63) is 113 Å². The molecule has 0 aliphatic heterocycles. The molecular formula is C23H23NOS. The van der Waals surface area contributed by atoms with E-state index in [1.165, 1.54) is 11.1 Å². The van der Waals surface area contributed by atoms with Gasteiger partial charge in [-0.3, -0.25) is 0 Å². The molecule has 2 nitrogen and oxygen atoms in total. The Morgan fingerprint density at radius 2 is 1.19 bits per heavy atom. The van der Waals surface area contributed by atoms with Gasteiger partial charge in [-0.25, -0.2) is 8.57 Å². The predicted molar refractivity (Wildman–Crippen MR) is 110 cm³/mol. The lowest BCUT2D eigenvalue weighted by molar-refractivity contribution is 0.681. The minimum Gasteiger partial charge on any atom is -0.240 e. The van der Waals surface area contributed by atoms with E-state index in [1.807, 2.05) is 72.1 Å². The highest BCUT2D eigenvalue weighted by molar-refractivity contribution is 7.96. The van der Waals surface area contributed by atoms with E-state index in [2.05, 4.69) is 28.6 Å². The fraction of sp³-hybridized carbons (Fsp3) is 0.130. The Hall–Kier alpha value is -2.65. The summed E-state index contributed by atoms with van der Waals surface area (Å²) in [5, 5.41) is 1.88. The minimum absolute atomic E-state index is 0.751. The zero-order valence-corrected chi connectivity index (χ0v) is 15.7. The Balaban J connectivity index is 2.01. The summed E-state index contributed by atoms with van der Waals surface area (Å²) in [6, 6.07) is 30.1. The first kappa shape index (κ1) is 18.2. The first-order valence-corrected chi connectivity index (χ1v) is 10.2. The number of hydrogen-bond acceptors (Lipinski definition) is 2. The molecular weight excluding hydrogens is 338 g/mol. The van der Waals surface area contributed by atoms with Gasteiger partial charge in [0.15, 0.2) is 0 Å². The first-order chi connectivity index (χ1) is 12.7. The van der Waals surface area contributed by atoms with Gasteiger partial charge >= 0.3 is 0 Å². The zero-order chi connectivity index (χ0) is 18.2. The molecule has 0 saturated carbocycles. The Morgan fingerprint density at radius 3 is 1.62 bits per heavy atom. The van der Waals surface area contributed by atoms with E-state index in [0.29, 0.717) is 0 Å². The summed E-state index contributed by atoms with van der Waals surface area (Å²) in [7, 11) is -0.949. The van der Waals surface area contributed by atoms with E-state index >= 15 is 0 Å². The second kappa shape index (κ2) is 8.63. The van der Waals surface area contributed by atoms with E-state index in [9.17, 15) is 4.21 Å². The summed E-state index contributed by atoms with van der Waals surface area (Å²) in [4.78, 5) is 0.751. The van der Waals surface area contributed by atoms with Gasteiger partial charge in [0.2, 0.25) is 0 Å².